The Hall–Kier alpha value is -3.21. The van der Waals surface area contributed by atoms with Gasteiger partial charge in [0, 0.05) is 12.7 Å². The fourth-order valence-electron chi connectivity index (χ4n) is 2.42. The van der Waals surface area contributed by atoms with Crippen molar-refractivity contribution in [3.8, 4) is 22.6 Å². The van der Waals surface area contributed by atoms with E-state index < -0.39 is 0 Å². The Morgan fingerprint density at radius 3 is 2.31 bits per heavy atom. The van der Waals surface area contributed by atoms with Gasteiger partial charge in [-0.1, -0.05) is 19.1 Å². The zero-order valence-corrected chi connectivity index (χ0v) is 14.4. The third-order valence-electron chi connectivity index (χ3n) is 3.77. The SMILES string of the molecule is CCCNC(=O)c1cc(-c2ccc(Oc3ccc(F)cc3)cc2)ccn1. The maximum Gasteiger partial charge on any atom is 0.269 e. The highest BCUT2D eigenvalue weighted by Gasteiger charge is 2.08. The van der Waals surface area contributed by atoms with E-state index in [4.69, 9.17) is 4.74 Å². The second kappa shape index (κ2) is 8.25. The van der Waals surface area contributed by atoms with E-state index in [0.717, 1.165) is 17.5 Å². The molecule has 5 heteroatoms. The minimum atomic E-state index is -0.302. The predicted molar refractivity (Wildman–Crippen MR) is 98.8 cm³/mol. The maximum atomic E-state index is 12.9. The molecule has 3 aromatic rings. The summed E-state index contributed by atoms with van der Waals surface area (Å²) >= 11 is 0. The molecule has 132 valence electrons. The molecule has 3 rings (SSSR count). The quantitative estimate of drug-likeness (QED) is 0.693. The molecule has 0 fully saturated rings. The summed E-state index contributed by atoms with van der Waals surface area (Å²) in [4.78, 5) is 16.2. The van der Waals surface area contributed by atoms with E-state index in [1.54, 1.807) is 24.4 Å². The Balaban J connectivity index is 1.74. The molecule has 0 aliphatic rings. The van der Waals surface area contributed by atoms with Gasteiger partial charge in [0.25, 0.3) is 5.91 Å². The third kappa shape index (κ3) is 4.45. The summed E-state index contributed by atoms with van der Waals surface area (Å²) in [6.07, 6.45) is 2.50. The number of rotatable bonds is 6. The van der Waals surface area contributed by atoms with Crippen LogP contribution in [0.1, 0.15) is 23.8 Å². The summed E-state index contributed by atoms with van der Waals surface area (Å²) in [7, 11) is 0. The van der Waals surface area contributed by atoms with Crippen LogP contribution in [0.25, 0.3) is 11.1 Å². The summed E-state index contributed by atoms with van der Waals surface area (Å²) in [6, 6.07) is 16.9. The van der Waals surface area contributed by atoms with E-state index in [1.807, 2.05) is 37.3 Å². The Labute approximate surface area is 151 Å². The number of ether oxygens (including phenoxy) is 1. The Morgan fingerprint density at radius 2 is 1.65 bits per heavy atom. The lowest BCUT2D eigenvalue weighted by molar-refractivity contribution is 0.0948. The van der Waals surface area contributed by atoms with Crippen LogP contribution in [-0.2, 0) is 0 Å². The minimum Gasteiger partial charge on any atom is -0.457 e. The zero-order chi connectivity index (χ0) is 18.4. The van der Waals surface area contributed by atoms with Gasteiger partial charge in [0.2, 0.25) is 0 Å². The number of hydrogen-bond acceptors (Lipinski definition) is 3. The van der Waals surface area contributed by atoms with Gasteiger partial charge in [-0.3, -0.25) is 9.78 Å². The standard InChI is InChI=1S/C21H19FN2O2/c1-2-12-24-21(25)20-14-16(11-13-23-20)15-3-7-18(8-4-15)26-19-9-5-17(22)6-10-19/h3-11,13-14H,2,12H2,1H3,(H,24,25). The van der Waals surface area contributed by atoms with Crippen molar-refractivity contribution in [3.05, 3.63) is 78.4 Å². The van der Waals surface area contributed by atoms with E-state index in [0.29, 0.717) is 23.7 Å². The van der Waals surface area contributed by atoms with Gasteiger partial charge in [-0.05, 0) is 66.1 Å². The van der Waals surface area contributed by atoms with Crippen LogP contribution in [0.5, 0.6) is 11.5 Å². The molecule has 0 saturated heterocycles. The lowest BCUT2D eigenvalue weighted by atomic mass is 10.1. The van der Waals surface area contributed by atoms with Crippen LogP contribution >= 0.6 is 0 Å². The largest absolute Gasteiger partial charge is 0.457 e. The van der Waals surface area contributed by atoms with Crippen LogP contribution in [0.3, 0.4) is 0 Å². The van der Waals surface area contributed by atoms with Crippen LogP contribution < -0.4 is 10.1 Å². The number of nitrogens with one attached hydrogen (secondary N) is 1. The van der Waals surface area contributed by atoms with Gasteiger partial charge in [0.1, 0.15) is 23.0 Å². The highest BCUT2D eigenvalue weighted by atomic mass is 19.1. The summed E-state index contributed by atoms with van der Waals surface area (Å²) < 4.78 is 18.6. The molecule has 0 spiro atoms. The van der Waals surface area contributed by atoms with Gasteiger partial charge >= 0.3 is 0 Å². The van der Waals surface area contributed by atoms with Gasteiger partial charge in [0.15, 0.2) is 0 Å². The number of aromatic nitrogens is 1. The monoisotopic (exact) mass is 350 g/mol. The van der Waals surface area contributed by atoms with Crippen molar-refractivity contribution in [2.45, 2.75) is 13.3 Å². The molecule has 0 saturated carbocycles. The van der Waals surface area contributed by atoms with Gasteiger partial charge < -0.3 is 10.1 Å². The molecule has 2 aromatic carbocycles. The molecule has 0 bridgehead atoms. The summed E-state index contributed by atoms with van der Waals surface area (Å²) in [5, 5.41) is 2.82. The fraction of sp³-hybridized carbons (Fsp3) is 0.143. The highest BCUT2D eigenvalue weighted by molar-refractivity contribution is 5.93. The lowest BCUT2D eigenvalue weighted by Gasteiger charge is -2.08. The second-order valence-corrected chi connectivity index (χ2v) is 5.77. The third-order valence-corrected chi connectivity index (χ3v) is 3.77. The minimum absolute atomic E-state index is 0.176. The van der Waals surface area contributed by atoms with Crippen molar-refractivity contribution < 1.29 is 13.9 Å². The molecular weight excluding hydrogens is 331 g/mol. The first-order valence-corrected chi connectivity index (χ1v) is 8.44. The normalized spacial score (nSPS) is 10.4. The first-order valence-electron chi connectivity index (χ1n) is 8.44. The Bertz CT molecular complexity index is 877. The number of carbonyl (C=O) groups excluding carboxylic acids is 1. The molecule has 1 N–H and O–H groups in total. The van der Waals surface area contributed by atoms with E-state index in [-0.39, 0.29) is 11.7 Å². The number of carbonyl (C=O) groups is 1. The smallest absolute Gasteiger partial charge is 0.269 e. The average Bonchev–Trinajstić information content (AvgIpc) is 2.68. The highest BCUT2D eigenvalue weighted by Crippen LogP contribution is 2.26. The van der Waals surface area contributed by atoms with Crippen molar-refractivity contribution in [1.82, 2.24) is 10.3 Å². The molecule has 1 aromatic heterocycles. The maximum absolute atomic E-state index is 12.9. The number of amides is 1. The van der Waals surface area contributed by atoms with Crippen LogP contribution in [0.4, 0.5) is 4.39 Å². The summed E-state index contributed by atoms with van der Waals surface area (Å²) in [5.74, 6) is 0.738. The molecule has 0 atom stereocenters. The number of nitrogens with zero attached hydrogens (tertiary/aromatic N) is 1. The van der Waals surface area contributed by atoms with Crippen molar-refractivity contribution in [1.29, 1.82) is 0 Å². The van der Waals surface area contributed by atoms with Crippen molar-refractivity contribution in [2.75, 3.05) is 6.54 Å². The van der Waals surface area contributed by atoms with Crippen LogP contribution in [0.15, 0.2) is 66.9 Å². The predicted octanol–water partition coefficient (Wildman–Crippen LogP) is 4.82. The molecule has 1 amide bonds. The van der Waals surface area contributed by atoms with Gasteiger partial charge in [0.05, 0.1) is 0 Å². The summed E-state index contributed by atoms with van der Waals surface area (Å²) in [6.45, 7) is 2.62. The number of halogens is 1. The molecule has 4 nitrogen and oxygen atoms in total. The Kier molecular flexibility index (Phi) is 5.59. The van der Waals surface area contributed by atoms with Crippen molar-refractivity contribution in [3.63, 3.8) is 0 Å². The van der Waals surface area contributed by atoms with Gasteiger partial charge in [-0.25, -0.2) is 4.39 Å². The van der Waals surface area contributed by atoms with Gasteiger partial charge in [-0.2, -0.15) is 0 Å². The van der Waals surface area contributed by atoms with Crippen LogP contribution in [0.2, 0.25) is 0 Å². The summed E-state index contributed by atoms with van der Waals surface area (Å²) in [5.41, 5.74) is 2.24. The Morgan fingerprint density at radius 1 is 1.00 bits per heavy atom. The molecule has 1 heterocycles. The van der Waals surface area contributed by atoms with E-state index >= 15 is 0 Å². The first kappa shape index (κ1) is 17.6. The average molecular weight is 350 g/mol. The van der Waals surface area contributed by atoms with E-state index in [2.05, 4.69) is 10.3 Å². The van der Waals surface area contributed by atoms with E-state index in [9.17, 15) is 9.18 Å². The zero-order valence-electron chi connectivity index (χ0n) is 14.4. The van der Waals surface area contributed by atoms with Gasteiger partial charge in [-0.15, -0.1) is 0 Å². The topological polar surface area (TPSA) is 51.2 Å². The molecule has 0 unspecified atom stereocenters. The lowest BCUT2D eigenvalue weighted by Crippen LogP contribution is -2.24. The van der Waals surface area contributed by atoms with Crippen LogP contribution in [0, 0.1) is 5.82 Å². The van der Waals surface area contributed by atoms with Crippen LogP contribution in [-0.4, -0.2) is 17.4 Å². The number of pyridine rings is 1. The molecule has 0 radical (unpaired) electrons. The number of benzene rings is 2. The second-order valence-electron chi connectivity index (χ2n) is 5.77. The molecular formula is C21H19FN2O2. The van der Waals surface area contributed by atoms with Crippen molar-refractivity contribution in [2.24, 2.45) is 0 Å². The molecule has 26 heavy (non-hydrogen) atoms. The number of hydrogen-bond donors (Lipinski definition) is 1. The molecule has 0 aliphatic heterocycles. The molecule has 0 aliphatic carbocycles. The van der Waals surface area contributed by atoms with E-state index in [1.165, 1.54) is 12.1 Å². The first-order chi connectivity index (χ1) is 12.7. The van der Waals surface area contributed by atoms with Crippen molar-refractivity contribution >= 4 is 5.91 Å². The fourth-order valence-corrected chi connectivity index (χ4v) is 2.42.